The Balaban J connectivity index is 1.59. The molecule has 3 aromatic rings. The molecule has 1 aliphatic rings. The van der Waals surface area contributed by atoms with Crippen LogP contribution in [-0.4, -0.2) is 22.7 Å². The predicted octanol–water partition coefficient (Wildman–Crippen LogP) is 2.85. The van der Waals surface area contributed by atoms with Crippen molar-refractivity contribution < 1.29 is 14.3 Å². The third kappa shape index (κ3) is 2.14. The van der Waals surface area contributed by atoms with Gasteiger partial charge in [0.05, 0.1) is 11.0 Å². The summed E-state index contributed by atoms with van der Waals surface area (Å²) < 4.78 is 10.5. The number of anilines is 1. The van der Waals surface area contributed by atoms with Crippen LogP contribution in [0.15, 0.2) is 36.4 Å². The van der Waals surface area contributed by atoms with Crippen molar-refractivity contribution >= 4 is 22.6 Å². The largest absolute Gasteiger partial charge is 0.454 e. The summed E-state index contributed by atoms with van der Waals surface area (Å²) in [7, 11) is 0. The Morgan fingerprint density at radius 1 is 1.18 bits per heavy atom. The molecule has 0 spiro atoms. The van der Waals surface area contributed by atoms with Gasteiger partial charge in [-0.05, 0) is 43.3 Å². The van der Waals surface area contributed by atoms with E-state index in [0.717, 1.165) is 16.9 Å². The molecule has 0 atom stereocenters. The zero-order valence-electron chi connectivity index (χ0n) is 11.8. The molecule has 0 radical (unpaired) electrons. The highest BCUT2D eigenvalue weighted by molar-refractivity contribution is 6.05. The highest BCUT2D eigenvalue weighted by atomic mass is 16.7. The van der Waals surface area contributed by atoms with E-state index in [2.05, 4.69) is 15.3 Å². The first kappa shape index (κ1) is 12.7. The summed E-state index contributed by atoms with van der Waals surface area (Å²) >= 11 is 0. The molecular formula is C16H13N3O3. The van der Waals surface area contributed by atoms with Gasteiger partial charge in [0.25, 0.3) is 5.91 Å². The Kier molecular flexibility index (Phi) is 2.75. The van der Waals surface area contributed by atoms with Crippen molar-refractivity contribution in [3.8, 4) is 11.5 Å². The highest BCUT2D eigenvalue weighted by Gasteiger charge is 2.16. The molecule has 2 N–H and O–H groups in total. The summed E-state index contributed by atoms with van der Waals surface area (Å²) in [4.78, 5) is 19.8. The van der Waals surface area contributed by atoms with E-state index in [1.165, 1.54) is 0 Å². The summed E-state index contributed by atoms with van der Waals surface area (Å²) in [6.07, 6.45) is 0. The number of fused-ring (bicyclic) bond motifs is 2. The average Bonchev–Trinajstić information content (AvgIpc) is 3.10. The lowest BCUT2D eigenvalue weighted by Gasteiger charge is -2.06. The number of amides is 1. The lowest BCUT2D eigenvalue weighted by molar-refractivity contribution is 0.102. The number of carbonyl (C=O) groups excluding carboxylic acids is 1. The van der Waals surface area contributed by atoms with E-state index >= 15 is 0 Å². The van der Waals surface area contributed by atoms with Crippen LogP contribution in [0.5, 0.6) is 11.5 Å². The van der Waals surface area contributed by atoms with Crippen LogP contribution in [0.2, 0.25) is 0 Å². The number of ether oxygens (including phenoxy) is 2. The molecule has 2 aromatic carbocycles. The van der Waals surface area contributed by atoms with Gasteiger partial charge < -0.3 is 19.8 Å². The predicted molar refractivity (Wildman–Crippen MR) is 81.3 cm³/mol. The fraction of sp³-hybridized carbons (Fsp3) is 0.125. The lowest BCUT2D eigenvalue weighted by Crippen LogP contribution is -2.11. The molecule has 0 unspecified atom stereocenters. The summed E-state index contributed by atoms with van der Waals surface area (Å²) in [5.74, 6) is 1.89. The molecular weight excluding hydrogens is 282 g/mol. The van der Waals surface area contributed by atoms with Crippen LogP contribution in [0.3, 0.4) is 0 Å². The number of carbonyl (C=O) groups is 1. The van der Waals surface area contributed by atoms with Crippen molar-refractivity contribution in [1.82, 2.24) is 9.97 Å². The number of hydrogen-bond acceptors (Lipinski definition) is 4. The molecule has 0 saturated heterocycles. The number of benzene rings is 2. The van der Waals surface area contributed by atoms with Crippen LogP contribution in [0.4, 0.5) is 5.69 Å². The topological polar surface area (TPSA) is 76.2 Å². The smallest absolute Gasteiger partial charge is 0.255 e. The van der Waals surface area contributed by atoms with Crippen LogP contribution >= 0.6 is 0 Å². The summed E-state index contributed by atoms with van der Waals surface area (Å²) in [5, 5.41) is 2.87. The summed E-state index contributed by atoms with van der Waals surface area (Å²) in [6.45, 7) is 2.08. The van der Waals surface area contributed by atoms with Gasteiger partial charge in [-0.3, -0.25) is 4.79 Å². The van der Waals surface area contributed by atoms with Gasteiger partial charge in [0, 0.05) is 11.3 Å². The van der Waals surface area contributed by atoms with Crippen LogP contribution in [-0.2, 0) is 0 Å². The van der Waals surface area contributed by atoms with Gasteiger partial charge in [0.15, 0.2) is 11.5 Å². The Morgan fingerprint density at radius 2 is 2.05 bits per heavy atom. The number of rotatable bonds is 2. The van der Waals surface area contributed by atoms with Gasteiger partial charge in [0.2, 0.25) is 6.79 Å². The molecule has 4 rings (SSSR count). The Hall–Kier alpha value is -3.02. The van der Waals surface area contributed by atoms with Crippen molar-refractivity contribution in [2.45, 2.75) is 6.92 Å². The van der Waals surface area contributed by atoms with Crippen molar-refractivity contribution in [1.29, 1.82) is 0 Å². The number of aromatic amines is 1. The quantitative estimate of drug-likeness (QED) is 0.762. The molecule has 0 aliphatic carbocycles. The van der Waals surface area contributed by atoms with E-state index in [1.54, 1.807) is 18.2 Å². The molecule has 110 valence electrons. The van der Waals surface area contributed by atoms with Crippen molar-refractivity contribution in [3.05, 3.63) is 47.8 Å². The standard InChI is InChI=1S/C16H13N3O3/c1-9-17-12-4-3-11(7-13(12)18-9)19-16(20)10-2-5-14-15(6-10)22-8-21-14/h2-7H,8H2,1H3,(H,17,18)(H,19,20). The van der Waals surface area contributed by atoms with E-state index in [1.807, 2.05) is 25.1 Å². The van der Waals surface area contributed by atoms with E-state index in [9.17, 15) is 4.79 Å². The fourth-order valence-electron chi connectivity index (χ4n) is 2.46. The van der Waals surface area contributed by atoms with Gasteiger partial charge >= 0.3 is 0 Å². The van der Waals surface area contributed by atoms with E-state index in [4.69, 9.17) is 9.47 Å². The number of aromatic nitrogens is 2. The molecule has 0 bridgehead atoms. The summed E-state index contributed by atoms with van der Waals surface area (Å²) in [5.41, 5.74) is 2.99. The van der Waals surface area contributed by atoms with Crippen LogP contribution in [0.25, 0.3) is 11.0 Å². The molecule has 0 fully saturated rings. The molecule has 1 amide bonds. The molecule has 22 heavy (non-hydrogen) atoms. The minimum absolute atomic E-state index is 0.191. The second-order valence-electron chi connectivity index (χ2n) is 5.08. The molecule has 6 nitrogen and oxygen atoms in total. The van der Waals surface area contributed by atoms with Crippen molar-refractivity contribution in [2.24, 2.45) is 0 Å². The third-order valence-corrected chi connectivity index (χ3v) is 3.49. The van der Waals surface area contributed by atoms with Crippen LogP contribution in [0.1, 0.15) is 16.2 Å². The van der Waals surface area contributed by atoms with Crippen molar-refractivity contribution in [3.63, 3.8) is 0 Å². The van der Waals surface area contributed by atoms with Gasteiger partial charge in [-0.2, -0.15) is 0 Å². The van der Waals surface area contributed by atoms with Gasteiger partial charge in [0.1, 0.15) is 5.82 Å². The Labute approximate surface area is 126 Å². The monoisotopic (exact) mass is 295 g/mol. The van der Waals surface area contributed by atoms with Gasteiger partial charge in [-0.25, -0.2) is 4.98 Å². The minimum atomic E-state index is -0.200. The third-order valence-electron chi connectivity index (χ3n) is 3.49. The molecule has 2 heterocycles. The lowest BCUT2D eigenvalue weighted by atomic mass is 10.2. The van der Waals surface area contributed by atoms with Crippen LogP contribution in [0, 0.1) is 6.92 Å². The maximum Gasteiger partial charge on any atom is 0.255 e. The van der Waals surface area contributed by atoms with E-state index in [0.29, 0.717) is 22.7 Å². The van der Waals surface area contributed by atoms with E-state index < -0.39 is 0 Å². The number of aryl methyl sites for hydroxylation is 1. The molecule has 0 saturated carbocycles. The number of nitrogens with zero attached hydrogens (tertiary/aromatic N) is 1. The van der Waals surface area contributed by atoms with Gasteiger partial charge in [-0.1, -0.05) is 0 Å². The Bertz CT molecular complexity index is 885. The molecule has 6 heteroatoms. The highest BCUT2D eigenvalue weighted by Crippen LogP contribution is 2.32. The first-order valence-corrected chi connectivity index (χ1v) is 6.86. The first-order chi connectivity index (χ1) is 10.7. The number of H-pyrrole nitrogens is 1. The maximum absolute atomic E-state index is 12.3. The molecule has 1 aliphatic heterocycles. The SMILES string of the molecule is Cc1nc2ccc(NC(=O)c3ccc4c(c3)OCO4)cc2[nH]1. The fourth-order valence-corrected chi connectivity index (χ4v) is 2.46. The second-order valence-corrected chi connectivity index (χ2v) is 5.08. The maximum atomic E-state index is 12.3. The summed E-state index contributed by atoms with van der Waals surface area (Å²) in [6, 6.07) is 10.7. The zero-order valence-corrected chi connectivity index (χ0v) is 11.8. The van der Waals surface area contributed by atoms with E-state index in [-0.39, 0.29) is 12.7 Å². The Morgan fingerprint density at radius 3 is 2.95 bits per heavy atom. The second kappa shape index (κ2) is 4.77. The normalized spacial score (nSPS) is 12.6. The first-order valence-electron chi connectivity index (χ1n) is 6.86. The molecule has 1 aromatic heterocycles. The minimum Gasteiger partial charge on any atom is -0.454 e. The van der Waals surface area contributed by atoms with Gasteiger partial charge in [-0.15, -0.1) is 0 Å². The average molecular weight is 295 g/mol. The number of nitrogens with one attached hydrogen (secondary N) is 2. The zero-order chi connectivity index (χ0) is 15.1. The number of imidazole rings is 1. The number of hydrogen-bond donors (Lipinski definition) is 2. The van der Waals surface area contributed by atoms with Crippen molar-refractivity contribution in [2.75, 3.05) is 12.1 Å². The van der Waals surface area contributed by atoms with Crippen LogP contribution < -0.4 is 14.8 Å².